The maximum Gasteiger partial charge on any atom is 0.458 e. The lowest BCUT2D eigenvalue weighted by molar-refractivity contribution is -0.289. The number of hydrogen-bond donors (Lipinski definition) is 1. The summed E-state index contributed by atoms with van der Waals surface area (Å²) in [6.45, 7) is 1.18. The Morgan fingerprint density at radius 2 is 1.73 bits per heavy atom. The molecule has 0 radical (unpaired) electrons. The summed E-state index contributed by atoms with van der Waals surface area (Å²) < 4.78 is 63.3. The van der Waals surface area contributed by atoms with Crippen molar-refractivity contribution in [3.8, 4) is 0 Å². The van der Waals surface area contributed by atoms with Crippen molar-refractivity contribution in [3.05, 3.63) is 34.9 Å². The average molecular weight is 324 g/mol. The van der Waals surface area contributed by atoms with Crippen molar-refractivity contribution in [2.24, 2.45) is 5.73 Å². The number of halogens is 5. The number of nitrogens with two attached hydrogens (primary N) is 1. The van der Waals surface area contributed by atoms with Crippen molar-refractivity contribution in [1.82, 2.24) is 4.90 Å². The van der Waals surface area contributed by atoms with Crippen molar-refractivity contribution in [2.75, 3.05) is 7.05 Å². The molecule has 4 nitrogen and oxygen atoms in total. The molecule has 22 heavy (non-hydrogen) atoms. The van der Waals surface area contributed by atoms with Gasteiger partial charge in [-0.25, -0.2) is 0 Å². The van der Waals surface area contributed by atoms with Crippen molar-refractivity contribution in [2.45, 2.75) is 25.6 Å². The van der Waals surface area contributed by atoms with Crippen molar-refractivity contribution in [3.63, 3.8) is 0 Å². The zero-order valence-electron chi connectivity index (χ0n) is 11.7. The van der Waals surface area contributed by atoms with Gasteiger partial charge in [-0.3, -0.25) is 9.59 Å². The highest BCUT2D eigenvalue weighted by Gasteiger charge is 2.58. The number of carbonyl (C=O) groups is 2. The third kappa shape index (κ3) is 3.52. The predicted octanol–water partition coefficient (Wildman–Crippen LogP) is 2.09. The fraction of sp³-hybridized carbons (Fsp3) is 0.385. The first-order chi connectivity index (χ1) is 9.87. The van der Waals surface area contributed by atoms with E-state index >= 15 is 0 Å². The highest BCUT2D eigenvalue weighted by Crippen LogP contribution is 2.44. The first-order valence-electron chi connectivity index (χ1n) is 5.97. The topological polar surface area (TPSA) is 63.4 Å². The van der Waals surface area contributed by atoms with Gasteiger partial charge in [0.25, 0.3) is 0 Å². The van der Waals surface area contributed by atoms with Gasteiger partial charge in [-0.1, -0.05) is 12.1 Å². The molecule has 0 aliphatic heterocycles. The molecule has 0 saturated carbocycles. The van der Waals surface area contributed by atoms with E-state index < -0.39 is 29.5 Å². The molecule has 0 aromatic heterocycles. The van der Waals surface area contributed by atoms with Crippen LogP contribution in [-0.2, 0) is 22.1 Å². The normalized spacial score (nSPS) is 12.1. The first-order valence-corrected chi connectivity index (χ1v) is 5.97. The first kappa shape index (κ1) is 17.9. The number of benzene rings is 1. The second kappa shape index (κ2) is 5.90. The number of alkyl halides is 5. The maximum atomic E-state index is 13.2. The monoisotopic (exact) mass is 324 g/mol. The molecule has 2 N–H and O–H groups in total. The summed E-state index contributed by atoms with van der Waals surface area (Å²) in [6.07, 6.45) is -5.69. The fourth-order valence-electron chi connectivity index (χ4n) is 1.75. The molecule has 0 bridgehead atoms. The Morgan fingerprint density at radius 3 is 2.14 bits per heavy atom. The van der Waals surface area contributed by atoms with E-state index in [1.165, 1.54) is 14.0 Å². The van der Waals surface area contributed by atoms with E-state index in [9.17, 15) is 31.5 Å². The van der Waals surface area contributed by atoms with Gasteiger partial charge in [0, 0.05) is 19.2 Å². The Hall–Kier alpha value is -2.19. The summed E-state index contributed by atoms with van der Waals surface area (Å²) >= 11 is 0. The molecule has 0 aliphatic carbocycles. The third-order valence-corrected chi connectivity index (χ3v) is 3.03. The van der Waals surface area contributed by atoms with E-state index in [2.05, 4.69) is 0 Å². The average Bonchev–Trinajstić information content (AvgIpc) is 2.38. The molecule has 122 valence electrons. The van der Waals surface area contributed by atoms with Gasteiger partial charge in [-0.05, 0) is 24.1 Å². The van der Waals surface area contributed by atoms with Crippen LogP contribution in [0.3, 0.4) is 0 Å². The Kier molecular flexibility index (Phi) is 4.79. The molecule has 0 aliphatic rings. The molecule has 0 saturated heterocycles. The molecule has 0 unspecified atom stereocenters. The molecular weight excluding hydrogens is 311 g/mol. The molecule has 0 atom stereocenters. The summed E-state index contributed by atoms with van der Waals surface area (Å²) in [5.41, 5.74) is 4.06. The van der Waals surface area contributed by atoms with E-state index in [0.29, 0.717) is 17.7 Å². The SMILES string of the molecule is Cc1cc(C(F)(F)C(F)(F)F)ccc1CN(C)C(=O)C(N)=O. The summed E-state index contributed by atoms with van der Waals surface area (Å²) in [5, 5.41) is 0. The van der Waals surface area contributed by atoms with Gasteiger partial charge in [0.2, 0.25) is 0 Å². The third-order valence-electron chi connectivity index (χ3n) is 3.03. The highest BCUT2D eigenvalue weighted by molar-refractivity contribution is 6.34. The lowest BCUT2D eigenvalue weighted by atomic mass is 10.0. The molecule has 0 heterocycles. The molecule has 1 rings (SSSR count). The van der Waals surface area contributed by atoms with Gasteiger partial charge < -0.3 is 10.6 Å². The number of aryl methyl sites for hydroxylation is 1. The minimum atomic E-state index is -5.69. The van der Waals surface area contributed by atoms with Crippen LogP contribution in [0.1, 0.15) is 16.7 Å². The van der Waals surface area contributed by atoms with Gasteiger partial charge in [0.15, 0.2) is 0 Å². The molecule has 2 amide bonds. The van der Waals surface area contributed by atoms with Gasteiger partial charge in [0.1, 0.15) is 0 Å². The van der Waals surface area contributed by atoms with Crippen molar-refractivity contribution < 1.29 is 31.5 Å². The minimum absolute atomic E-state index is 0.130. The van der Waals surface area contributed by atoms with Crippen LogP contribution >= 0.6 is 0 Å². The molecule has 1 aromatic carbocycles. The van der Waals surface area contributed by atoms with E-state index in [1.54, 1.807) is 0 Å². The Balaban J connectivity index is 3.06. The summed E-state index contributed by atoms with van der Waals surface area (Å²) in [5.74, 6) is -7.16. The van der Waals surface area contributed by atoms with Gasteiger partial charge in [-0.2, -0.15) is 22.0 Å². The summed E-state index contributed by atoms with van der Waals surface area (Å²) in [6, 6.07) is 2.39. The van der Waals surface area contributed by atoms with Crippen molar-refractivity contribution >= 4 is 11.8 Å². The fourth-order valence-corrected chi connectivity index (χ4v) is 1.75. The minimum Gasteiger partial charge on any atom is -0.361 e. The quantitative estimate of drug-likeness (QED) is 0.683. The van der Waals surface area contributed by atoms with E-state index in [0.717, 1.165) is 11.0 Å². The van der Waals surface area contributed by atoms with Crippen LogP contribution in [0.2, 0.25) is 0 Å². The molecular formula is C13H13F5N2O2. The number of primary amides is 1. The number of likely N-dealkylation sites (N-methyl/N-ethyl adjacent to an activating group) is 1. The zero-order valence-corrected chi connectivity index (χ0v) is 11.7. The van der Waals surface area contributed by atoms with Crippen LogP contribution in [0.5, 0.6) is 0 Å². The van der Waals surface area contributed by atoms with Crippen LogP contribution in [0.25, 0.3) is 0 Å². The van der Waals surface area contributed by atoms with E-state index in [1.807, 2.05) is 0 Å². The van der Waals surface area contributed by atoms with Crippen LogP contribution in [-0.4, -0.2) is 29.9 Å². The molecule has 0 fully saturated rings. The summed E-state index contributed by atoms with van der Waals surface area (Å²) in [4.78, 5) is 23.0. The Labute approximate surface area is 122 Å². The summed E-state index contributed by atoms with van der Waals surface area (Å²) in [7, 11) is 1.25. The van der Waals surface area contributed by atoms with Crippen LogP contribution in [0.4, 0.5) is 22.0 Å². The van der Waals surface area contributed by atoms with E-state index in [4.69, 9.17) is 5.73 Å². The second-order valence-electron chi connectivity index (χ2n) is 4.74. The predicted molar refractivity (Wildman–Crippen MR) is 66.8 cm³/mol. The largest absolute Gasteiger partial charge is 0.458 e. The van der Waals surface area contributed by atoms with Gasteiger partial charge in [-0.15, -0.1) is 0 Å². The van der Waals surface area contributed by atoms with E-state index in [-0.39, 0.29) is 12.1 Å². The van der Waals surface area contributed by atoms with Crippen LogP contribution in [0, 0.1) is 6.92 Å². The number of carbonyl (C=O) groups excluding carboxylic acids is 2. The van der Waals surface area contributed by atoms with Crippen LogP contribution < -0.4 is 5.73 Å². The zero-order chi connectivity index (χ0) is 17.3. The van der Waals surface area contributed by atoms with Gasteiger partial charge >= 0.3 is 23.9 Å². The van der Waals surface area contributed by atoms with Gasteiger partial charge in [0.05, 0.1) is 0 Å². The smallest absolute Gasteiger partial charge is 0.361 e. The molecule has 0 spiro atoms. The lowest BCUT2D eigenvalue weighted by Crippen LogP contribution is -2.37. The number of hydrogen-bond acceptors (Lipinski definition) is 2. The second-order valence-corrected chi connectivity index (χ2v) is 4.74. The number of amides is 2. The maximum absolute atomic E-state index is 13.2. The standard InChI is InChI=1S/C13H13F5N2O2/c1-7-5-9(12(14,15)13(16,17)18)4-3-8(7)6-20(2)11(22)10(19)21/h3-5H,6H2,1-2H3,(H2,19,21). The highest BCUT2D eigenvalue weighted by atomic mass is 19.4. The Morgan fingerprint density at radius 1 is 1.18 bits per heavy atom. The Bertz CT molecular complexity index is 599. The molecule has 9 heteroatoms. The number of nitrogens with zero attached hydrogens (tertiary/aromatic N) is 1. The lowest BCUT2D eigenvalue weighted by Gasteiger charge is -2.22. The number of rotatable bonds is 3. The van der Waals surface area contributed by atoms with Crippen LogP contribution in [0.15, 0.2) is 18.2 Å². The van der Waals surface area contributed by atoms with Crippen molar-refractivity contribution in [1.29, 1.82) is 0 Å². The molecule has 1 aromatic rings.